The van der Waals surface area contributed by atoms with E-state index < -0.39 is 0 Å². The van der Waals surface area contributed by atoms with Crippen LogP contribution in [0.2, 0.25) is 0 Å². The smallest absolute Gasteiger partial charge is 0.254 e. The van der Waals surface area contributed by atoms with Crippen LogP contribution >= 0.6 is 0 Å². The number of hydrogen-bond donors (Lipinski definition) is 1. The van der Waals surface area contributed by atoms with Gasteiger partial charge in [-0.1, -0.05) is 6.07 Å². The number of rotatable bonds is 3. The van der Waals surface area contributed by atoms with Crippen molar-refractivity contribution < 1.29 is 14.4 Å². The minimum atomic E-state index is -0.294. The fourth-order valence-corrected chi connectivity index (χ4v) is 1.76. The van der Waals surface area contributed by atoms with Crippen molar-refractivity contribution in [2.24, 2.45) is 0 Å². The summed E-state index contributed by atoms with van der Waals surface area (Å²) >= 11 is 0. The Bertz CT molecular complexity index is 463. The highest BCUT2D eigenvalue weighted by Gasteiger charge is 2.12. The zero-order valence-electron chi connectivity index (χ0n) is 8.68. The van der Waals surface area contributed by atoms with E-state index in [2.05, 4.69) is 11.5 Å². The van der Waals surface area contributed by atoms with Crippen molar-refractivity contribution >= 4 is 10.9 Å². The molecule has 0 atom stereocenters. The maximum absolute atomic E-state index is 8.81. The van der Waals surface area contributed by atoms with E-state index in [9.17, 15) is 0 Å². The van der Waals surface area contributed by atoms with Crippen LogP contribution in [0.3, 0.4) is 0 Å². The summed E-state index contributed by atoms with van der Waals surface area (Å²) in [5.41, 5.74) is 1.02. The molecular formula is C12H14NO2+. The Hall–Kier alpha value is -1.61. The van der Waals surface area contributed by atoms with Gasteiger partial charge >= 0.3 is 0 Å². The van der Waals surface area contributed by atoms with Crippen molar-refractivity contribution in [3.63, 3.8) is 0 Å². The molecule has 3 heteroatoms. The van der Waals surface area contributed by atoms with Crippen molar-refractivity contribution in [2.45, 2.75) is 13.5 Å². The molecule has 0 saturated heterocycles. The average Bonchev–Trinajstić information content (AvgIpc) is 2.29. The lowest BCUT2D eigenvalue weighted by molar-refractivity contribution is -0.668. The van der Waals surface area contributed by atoms with E-state index in [0.29, 0.717) is 0 Å². The normalized spacial score (nSPS) is 10.5. The predicted molar refractivity (Wildman–Crippen MR) is 57.5 cm³/mol. The molecular weight excluding hydrogens is 190 g/mol. The Morgan fingerprint density at radius 3 is 2.80 bits per heavy atom. The van der Waals surface area contributed by atoms with Gasteiger partial charge in [0.15, 0.2) is 18.7 Å². The highest BCUT2D eigenvalue weighted by Crippen LogP contribution is 2.21. The van der Waals surface area contributed by atoms with Gasteiger partial charge in [-0.3, -0.25) is 0 Å². The van der Waals surface area contributed by atoms with Crippen molar-refractivity contribution in [2.75, 3.05) is 6.79 Å². The maximum atomic E-state index is 8.81. The highest BCUT2D eigenvalue weighted by molar-refractivity contribution is 5.81. The quantitative estimate of drug-likeness (QED) is 0.606. The molecule has 3 nitrogen and oxygen atoms in total. The molecule has 0 amide bonds. The van der Waals surface area contributed by atoms with Gasteiger partial charge in [-0.2, -0.15) is 4.57 Å². The van der Waals surface area contributed by atoms with Gasteiger partial charge in [0.2, 0.25) is 0 Å². The van der Waals surface area contributed by atoms with E-state index in [0.717, 1.165) is 23.2 Å². The van der Waals surface area contributed by atoms with Crippen LogP contribution in [0.5, 0.6) is 5.75 Å². The number of hydrogen-bond acceptors (Lipinski definition) is 2. The summed E-state index contributed by atoms with van der Waals surface area (Å²) < 4.78 is 7.29. The molecule has 0 saturated carbocycles. The van der Waals surface area contributed by atoms with Gasteiger partial charge in [-0.15, -0.1) is 0 Å². The first kappa shape index (κ1) is 9.93. The number of fused-ring (bicyclic) bond motifs is 1. The topological polar surface area (TPSA) is 33.3 Å². The zero-order chi connectivity index (χ0) is 10.7. The molecule has 1 heterocycles. The van der Waals surface area contributed by atoms with Crippen LogP contribution in [0.25, 0.3) is 10.9 Å². The van der Waals surface area contributed by atoms with Crippen LogP contribution < -0.4 is 9.30 Å². The summed E-state index contributed by atoms with van der Waals surface area (Å²) in [5, 5.41) is 9.93. The van der Waals surface area contributed by atoms with Gasteiger partial charge in [-0.25, -0.2) is 0 Å². The van der Waals surface area contributed by atoms with Gasteiger partial charge in [0.1, 0.15) is 6.54 Å². The lowest BCUT2D eigenvalue weighted by Crippen LogP contribution is -2.32. The first-order valence-corrected chi connectivity index (χ1v) is 5.01. The average molecular weight is 204 g/mol. The molecule has 0 fully saturated rings. The molecule has 2 rings (SSSR count). The standard InChI is InChI=1S/C12H14NO2/c1-2-13-8-4-6-10-5-3-7-11(12(10)13)15-9-14/h3-8,14H,2,9H2,1H3/q+1. The van der Waals surface area contributed by atoms with Gasteiger partial charge < -0.3 is 9.84 Å². The number of aryl methyl sites for hydroxylation is 1. The molecule has 2 aromatic rings. The molecule has 0 aliphatic carbocycles. The third-order valence-electron chi connectivity index (χ3n) is 2.42. The summed E-state index contributed by atoms with van der Waals surface area (Å²) in [6.07, 6.45) is 2.01. The largest absolute Gasteiger partial charge is 0.461 e. The maximum Gasteiger partial charge on any atom is 0.254 e. The predicted octanol–water partition coefficient (Wildman–Crippen LogP) is 1.48. The Labute approximate surface area is 88.5 Å². The van der Waals surface area contributed by atoms with Crippen LogP contribution in [-0.2, 0) is 6.54 Å². The third kappa shape index (κ3) is 1.78. The zero-order valence-corrected chi connectivity index (χ0v) is 8.68. The van der Waals surface area contributed by atoms with Crippen molar-refractivity contribution in [3.8, 4) is 5.75 Å². The Kier molecular flexibility index (Phi) is 2.83. The molecule has 0 bridgehead atoms. The summed E-state index contributed by atoms with van der Waals surface area (Å²) in [5.74, 6) is 0.720. The first-order chi connectivity index (χ1) is 7.36. The number of nitrogens with zero attached hydrogens (tertiary/aromatic N) is 1. The number of aromatic nitrogens is 1. The summed E-state index contributed by atoms with van der Waals surface area (Å²) in [4.78, 5) is 0. The molecule has 0 aliphatic rings. The second-order valence-electron chi connectivity index (χ2n) is 3.26. The minimum absolute atomic E-state index is 0.294. The number of aliphatic hydroxyl groups excluding tert-OH is 1. The first-order valence-electron chi connectivity index (χ1n) is 5.01. The lowest BCUT2D eigenvalue weighted by Gasteiger charge is -2.05. The van der Waals surface area contributed by atoms with Crippen LogP contribution in [-0.4, -0.2) is 11.9 Å². The van der Waals surface area contributed by atoms with E-state index in [1.165, 1.54) is 0 Å². The van der Waals surface area contributed by atoms with E-state index in [1.807, 2.05) is 36.5 Å². The third-order valence-corrected chi connectivity index (χ3v) is 2.42. The Morgan fingerprint density at radius 2 is 2.07 bits per heavy atom. The molecule has 0 radical (unpaired) electrons. The van der Waals surface area contributed by atoms with E-state index >= 15 is 0 Å². The van der Waals surface area contributed by atoms with Gasteiger partial charge in [0, 0.05) is 6.07 Å². The van der Waals surface area contributed by atoms with Crippen molar-refractivity contribution in [1.82, 2.24) is 0 Å². The van der Waals surface area contributed by atoms with Gasteiger partial charge in [-0.05, 0) is 25.1 Å². The molecule has 1 N–H and O–H groups in total. The summed E-state index contributed by atoms with van der Waals surface area (Å²) in [6, 6.07) is 9.87. The molecule has 1 aromatic carbocycles. The number of pyridine rings is 1. The van der Waals surface area contributed by atoms with E-state index in [-0.39, 0.29) is 6.79 Å². The van der Waals surface area contributed by atoms with Crippen LogP contribution in [0.15, 0.2) is 36.5 Å². The fraction of sp³-hybridized carbons (Fsp3) is 0.250. The second kappa shape index (κ2) is 4.28. The van der Waals surface area contributed by atoms with E-state index in [4.69, 9.17) is 9.84 Å². The van der Waals surface area contributed by atoms with Gasteiger partial charge in [0.05, 0.1) is 5.39 Å². The van der Waals surface area contributed by atoms with Crippen LogP contribution in [0.1, 0.15) is 6.92 Å². The molecule has 0 aliphatic heterocycles. The molecule has 78 valence electrons. The Balaban J connectivity index is 2.69. The number of aliphatic hydroxyl groups is 1. The summed E-state index contributed by atoms with van der Waals surface area (Å²) in [6.45, 7) is 2.66. The number of para-hydroxylation sites is 1. The number of benzene rings is 1. The monoisotopic (exact) mass is 204 g/mol. The number of ether oxygens (including phenoxy) is 1. The lowest BCUT2D eigenvalue weighted by atomic mass is 10.2. The molecule has 1 aromatic heterocycles. The van der Waals surface area contributed by atoms with E-state index in [1.54, 1.807) is 0 Å². The minimum Gasteiger partial charge on any atom is -0.461 e. The van der Waals surface area contributed by atoms with Crippen molar-refractivity contribution in [3.05, 3.63) is 36.5 Å². The summed E-state index contributed by atoms with van der Waals surface area (Å²) in [7, 11) is 0. The van der Waals surface area contributed by atoms with Crippen LogP contribution in [0, 0.1) is 0 Å². The Morgan fingerprint density at radius 1 is 1.27 bits per heavy atom. The second-order valence-corrected chi connectivity index (χ2v) is 3.26. The molecule has 0 unspecified atom stereocenters. The van der Waals surface area contributed by atoms with Crippen molar-refractivity contribution in [1.29, 1.82) is 0 Å². The van der Waals surface area contributed by atoms with Crippen LogP contribution in [0.4, 0.5) is 0 Å². The highest BCUT2D eigenvalue weighted by atomic mass is 16.6. The SMILES string of the molecule is CC[n+]1cccc2cccc(OCO)c21. The van der Waals surface area contributed by atoms with Gasteiger partial charge in [0.25, 0.3) is 5.52 Å². The molecule has 15 heavy (non-hydrogen) atoms. The molecule has 0 spiro atoms. The fourth-order valence-electron chi connectivity index (χ4n) is 1.76.